The lowest BCUT2D eigenvalue weighted by Gasteiger charge is -2.42. The summed E-state index contributed by atoms with van der Waals surface area (Å²) in [6.07, 6.45) is 25.1. The van der Waals surface area contributed by atoms with E-state index in [0.29, 0.717) is 0 Å². The zero-order chi connectivity index (χ0) is 22.8. The molecule has 0 heteroatoms. The molecule has 0 radical (unpaired) electrons. The Bertz CT molecular complexity index is 1270. The third-order valence-corrected chi connectivity index (χ3v) is 7.61. The average Bonchev–Trinajstić information content (AvgIpc) is 3.11. The Labute approximate surface area is 198 Å². The maximum absolute atomic E-state index is 3.86. The maximum Gasteiger partial charge on any atom is 0.0218 e. The van der Waals surface area contributed by atoms with E-state index in [-0.39, 0.29) is 5.41 Å². The van der Waals surface area contributed by atoms with Crippen molar-refractivity contribution < 1.29 is 0 Å². The second-order valence-corrected chi connectivity index (χ2v) is 9.39. The molecule has 33 heavy (non-hydrogen) atoms. The first-order valence-corrected chi connectivity index (χ1v) is 12.1. The molecular weight excluding hydrogens is 396 g/mol. The molecule has 0 saturated heterocycles. The summed E-state index contributed by atoms with van der Waals surface area (Å²) in [7, 11) is 0. The molecule has 5 rings (SSSR count). The van der Waals surface area contributed by atoms with Gasteiger partial charge in [-0.05, 0) is 77.1 Å². The molecule has 2 aromatic rings. The smallest absolute Gasteiger partial charge is 0.0218 e. The van der Waals surface area contributed by atoms with Gasteiger partial charge in [0.2, 0.25) is 0 Å². The van der Waals surface area contributed by atoms with Crippen molar-refractivity contribution in [2.75, 3.05) is 0 Å². The summed E-state index contributed by atoms with van der Waals surface area (Å²) < 4.78 is 0. The van der Waals surface area contributed by atoms with Crippen LogP contribution in [0, 0.1) is 0 Å². The molecule has 1 fully saturated rings. The molecule has 3 aliphatic carbocycles. The Kier molecular flexibility index (Phi) is 5.77. The zero-order valence-electron chi connectivity index (χ0n) is 19.6. The first kappa shape index (κ1) is 21.5. The fourth-order valence-electron chi connectivity index (χ4n) is 5.87. The van der Waals surface area contributed by atoms with Gasteiger partial charge < -0.3 is 0 Å². The predicted molar refractivity (Wildman–Crippen MR) is 143 cm³/mol. The summed E-state index contributed by atoms with van der Waals surface area (Å²) in [5, 5.41) is 0. The Morgan fingerprint density at radius 1 is 0.848 bits per heavy atom. The largest absolute Gasteiger partial charge is 0.0991 e. The van der Waals surface area contributed by atoms with Gasteiger partial charge >= 0.3 is 0 Å². The van der Waals surface area contributed by atoms with E-state index in [9.17, 15) is 0 Å². The van der Waals surface area contributed by atoms with E-state index in [0.717, 1.165) is 12.8 Å². The van der Waals surface area contributed by atoms with Crippen LogP contribution < -0.4 is 0 Å². The minimum Gasteiger partial charge on any atom is -0.0991 e. The third kappa shape index (κ3) is 3.55. The van der Waals surface area contributed by atoms with Gasteiger partial charge in [-0.3, -0.25) is 0 Å². The molecule has 0 amide bonds. The van der Waals surface area contributed by atoms with E-state index in [1.807, 2.05) is 18.2 Å². The lowest BCUT2D eigenvalue weighted by Crippen LogP contribution is -2.34. The van der Waals surface area contributed by atoms with Gasteiger partial charge in [-0.1, -0.05) is 116 Å². The second kappa shape index (κ2) is 8.87. The number of hydrogen-bond acceptors (Lipinski definition) is 0. The average molecular weight is 429 g/mol. The van der Waals surface area contributed by atoms with Crippen LogP contribution in [-0.2, 0) is 18.3 Å². The van der Waals surface area contributed by atoms with Crippen molar-refractivity contribution in [1.82, 2.24) is 0 Å². The highest BCUT2D eigenvalue weighted by molar-refractivity contribution is 5.94. The van der Waals surface area contributed by atoms with Gasteiger partial charge in [0.25, 0.3) is 0 Å². The Hall–Kier alpha value is -3.38. The number of rotatable bonds is 5. The molecule has 0 heterocycles. The molecule has 1 saturated carbocycles. The molecule has 0 N–H and O–H groups in total. The third-order valence-electron chi connectivity index (χ3n) is 7.61. The molecule has 0 aromatic heterocycles. The molecule has 0 unspecified atom stereocenters. The molecule has 0 nitrogen and oxygen atoms in total. The van der Waals surface area contributed by atoms with Crippen LogP contribution in [0.3, 0.4) is 0 Å². The minimum absolute atomic E-state index is 0.158. The summed E-state index contributed by atoms with van der Waals surface area (Å²) in [6.45, 7) is 9.79. The fraction of sp³-hybridized carbons (Fsp3) is 0.212. The van der Waals surface area contributed by atoms with Gasteiger partial charge in [-0.15, -0.1) is 0 Å². The highest BCUT2D eigenvalue weighted by atomic mass is 14.5. The van der Waals surface area contributed by atoms with Gasteiger partial charge in [0.05, 0.1) is 0 Å². The number of hydrogen-bond donors (Lipinski definition) is 0. The van der Waals surface area contributed by atoms with Gasteiger partial charge in [-0.25, -0.2) is 0 Å². The van der Waals surface area contributed by atoms with E-state index >= 15 is 0 Å². The van der Waals surface area contributed by atoms with Gasteiger partial charge in [0.1, 0.15) is 0 Å². The first-order valence-electron chi connectivity index (χ1n) is 12.1. The standard InChI is InChI=1S/C33H32/c1-4-6-7-17-31-28(16-10-8-13-24(3)5-2)30-21-20-27-26-15-11-9-14-25(26)18-19-29(27)32(30)33(31)22-12-23-33/h4-11,13-17,20-21H,1-2,12,18-19,22-23H2,3H3/b7-6+,10-8+,24-13+,28-16-,31-17-. The topological polar surface area (TPSA) is 0 Å². The van der Waals surface area contributed by atoms with E-state index in [1.54, 1.807) is 11.1 Å². The number of benzene rings is 2. The fourth-order valence-corrected chi connectivity index (χ4v) is 5.87. The SMILES string of the molecule is C=C/C=C/C=C1/C(=C\C=C\C=C(/C)C=C)c2ccc3c(c2C12CCC2)CCc1ccccc1-3. The van der Waals surface area contributed by atoms with Crippen LogP contribution in [0.25, 0.3) is 16.7 Å². The minimum atomic E-state index is 0.158. The highest BCUT2D eigenvalue weighted by Gasteiger charge is 2.50. The lowest BCUT2D eigenvalue weighted by atomic mass is 9.60. The van der Waals surface area contributed by atoms with Gasteiger partial charge in [0, 0.05) is 5.41 Å². The van der Waals surface area contributed by atoms with Gasteiger partial charge in [-0.2, -0.15) is 0 Å². The lowest BCUT2D eigenvalue weighted by molar-refractivity contribution is 0.307. The Balaban J connectivity index is 1.71. The van der Waals surface area contributed by atoms with Crippen molar-refractivity contribution in [3.8, 4) is 11.1 Å². The van der Waals surface area contributed by atoms with Crippen LogP contribution in [0.2, 0.25) is 0 Å². The quantitative estimate of drug-likeness (QED) is 0.418. The maximum atomic E-state index is 3.86. The van der Waals surface area contributed by atoms with E-state index in [4.69, 9.17) is 0 Å². The monoisotopic (exact) mass is 428 g/mol. The van der Waals surface area contributed by atoms with Crippen molar-refractivity contribution in [2.24, 2.45) is 0 Å². The molecule has 2 aromatic carbocycles. The molecule has 0 bridgehead atoms. The summed E-state index contributed by atoms with van der Waals surface area (Å²) in [4.78, 5) is 0. The van der Waals surface area contributed by atoms with Crippen LogP contribution in [0.5, 0.6) is 0 Å². The van der Waals surface area contributed by atoms with Crippen molar-refractivity contribution >= 4 is 5.57 Å². The van der Waals surface area contributed by atoms with Crippen LogP contribution in [-0.4, -0.2) is 0 Å². The van der Waals surface area contributed by atoms with E-state index < -0.39 is 0 Å². The highest BCUT2D eigenvalue weighted by Crippen LogP contribution is 2.62. The number of aryl methyl sites for hydroxylation is 1. The van der Waals surface area contributed by atoms with Crippen molar-refractivity contribution in [3.63, 3.8) is 0 Å². The van der Waals surface area contributed by atoms with Crippen LogP contribution >= 0.6 is 0 Å². The van der Waals surface area contributed by atoms with E-state index in [2.05, 4.69) is 92.9 Å². The normalized spacial score (nSPS) is 20.8. The number of fused-ring (bicyclic) bond motifs is 6. The summed E-state index contributed by atoms with van der Waals surface area (Å²) in [6, 6.07) is 13.7. The summed E-state index contributed by atoms with van der Waals surface area (Å²) in [5.74, 6) is 0. The molecule has 1 spiro atoms. The summed E-state index contributed by atoms with van der Waals surface area (Å²) in [5.41, 5.74) is 13.2. The van der Waals surface area contributed by atoms with Crippen LogP contribution in [0.4, 0.5) is 0 Å². The molecule has 164 valence electrons. The molecule has 3 aliphatic rings. The molecular formula is C33H32. The number of allylic oxidation sites excluding steroid dienone is 12. The molecule has 0 aliphatic heterocycles. The Morgan fingerprint density at radius 2 is 1.64 bits per heavy atom. The van der Waals surface area contributed by atoms with E-state index in [1.165, 1.54) is 58.2 Å². The van der Waals surface area contributed by atoms with Crippen LogP contribution in [0.15, 0.2) is 115 Å². The Morgan fingerprint density at radius 3 is 2.39 bits per heavy atom. The summed E-state index contributed by atoms with van der Waals surface area (Å²) >= 11 is 0. The first-order chi connectivity index (χ1) is 16.2. The van der Waals surface area contributed by atoms with Crippen molar-refractivity contribution in [1.29, 1.82) is 0 Å². The molecule has 0 atom stereocenters. The van der Waals surface area contributed by atoms with Crippen LogP contribution in [0.1, 0.15) is 48.4 Å². The zero-order valence-corrected chi connectivity index (χ0v) is 19.6. The van der Waals surface area contributed by atoms with Crippen molar-refractivity contribution in [2.45, 2.75) is 44.4 Å². The van der Waals surface area contributed by atoms with Crippen molar-refractivity contribution in [3.05, 3.63) is 138 Å². The van der Waals surface area contributed by atoms with Gasteiger partial charge in [0.15, 0.2) is 0 Å². The second-order valence-electron chi connectivity index (χ2n) is 9.39. The predicted octanol–water partition coefficient (Wildman–Crippen LogP) is 8.63.